The van der Waals surface area contributed by atoms with Gasteiger partial charge in [0.05, 0.1) is 6.04 Å². The molecule has 0 aromatic heterocycles. The number of likely N-dealkylation sites (N-methyl/N-ethyl adjacent to an activating group) is 1. The fourth-order valence-corrected chi connectivity index (χ4v) is 2.16. The van der Waals surface area contributed by atoms with E-state index in [1.807, 2.05) is 16.8 Å². The molecule has 0 spiro atoms. The van der Waals surface area contributed by atoms with Crippen LogP contribution >= 0.6 is 12.6 Å². The maximum atomic E-state index is 11.7. The van der Waals surface area contributed by atoms with Gasteiger partial charge in [0.15, 0.2) is 0 Å². The molecule has 0 aliphatic carbocycles. The zero-order chi connectivity index (χ0) is 10.7. The predicted molar refractivity (Wildman–Crippen MR) is 61.8 cm³/mol. The summed E-state index contributed by atoms with van der Waals surface area (Å²) in [7, 11) is 1.90. The fraction of sp³-hybridized carbons (Fsp3) is 0.900. The van der Waals surface area contributed by atoms with Crippen LogP contribution in [0.3, 0.4) is 0 Å². The third kappa shape index (κ3) is 2.56. The molecule has 1 fully saturated rings. The lowest BCUT2D eigenvalue weighted by Crippen LogP contribution is -2.32. The van der Waals surface area contributed by atoms with E-state index in [4.69, 9.17) is 0 Å². The van der Waals surface area contributed by atoms with Crippen LogP contribution in [0.15, 0.2) is 0 Å². The summed E-state index contributed by atoms with van der Waals surface area (Å²) in [5, 5.41) is 0. The van der Waals surface area contributed by atoms with Gasteiger partial charge in [-0.1, -0.05) is 13.8 Å². The molecular formula is C10H20N2OS. The van der Waals surface area contributed by atoms with Gasteiger partial charge in [-0.05, 0) is 12.3 Å². The smallest absolute Gasteiger partial charge is 0.320 e. The summed E-state index contributed by atoms with van der Waals surface area (Å²) >= 11 is 4.15. The minimum Gasteiger partial charge on any atom is -0.323 e. The highest BCUT2D eigenvalue weighted by Crippen LogP contribution is 2.19. The molecule has 0 N–H and O–H groups in total. The van der Waals surface area contributed by atoms with Crippen molar-refractivity contribution in [2.75, 3.05) is 25.9 Å². The number of hydrogen-bond acceptors (Lipinski definition) is 2. The molecule has 0 aromatic carbocycles. The van der Waals surface area contributed by atoms with Crippen molar-refractivity contribution in [2.45, 2.75) is 26.3 Å². The van der Waals surface area contributed by atoms with Crippen LogP contribution in [0.1, 0.15) is 20.3 Å². The van der Waals surface area contributed by atoms with Crippen molar-refractivity contribution < 1.29 is 4.79 Å². The third-order valence-corrected chi connectivity index (χ3v) is 2.86. The van der Waals surface area contributed by atoms with E-state index in [2.05, 4.69) is 26.5 Å². The maximum Gasteiger partial charge on any atom is 0.320 e. The van der Waals surface area contributed by atoms with E-state index >= 15 is 0 Å². The second-order valence-electron chi connectivity index (χ2n) is 4.35. The first-order valence-corrected chi connectivity index (χ1v) is 5.82. The summed E-state index contributed by atoms with van der Waals surface area (Å²) in [5.74, 6) is 1.39. The minimum absolute atomic E-state index is 0.157. The van der Waals surface area contributed by atoms with Crippen molar-refractivity contribution in [3.8, 4) is 0 Å². The van der Waals surface area contributed by atoms with Crippen LogP contribution in [0.5, 0.6) is 0 Å². The van der Waals surface area contributed by atoms with Crippen LogP contribution < -0.4 is 0 Å². The van der Waals surface area contributed by atoms with Crippen LogP contribution in [-0.2, 0) is 0 Å². The molecule has 3 nitrogen and oxygen atoms in total. The Labute approximate surface area is 91.9 Å². The Kier molecular flexibility index (Phi) is 4.11. The Hall–Kier alpha value is -0.380. The molecule has 1 saturated heterocycles. The van der Waals surface area contributed by atoms with Gasteiger partial charge in [-0.2, -0.15) is 12.6 Å². The number of nitrogens with zero attached hydrogens (tertiary/aromatic N) is 2. The van der Waals surface area contributed by atoms with E-state index in [-0.39, 0.29) is 6.03 Å². The lowest BCUT2D eigenvalue weighted by molar-refractivity contribution is 0.195. The van der Waals surface area contributed by atoms with Gasteiger partial charge < -0.3 is 9.80 Å². The van der Waals surface area contributed by atoms with Gasteiger partial charge in [-0.15, -0.1) is 0 Å². The zero-order valence-electron chi connectivity index (χ0n) is 9.23. The van der Waals surface area contributed by atoms with Crippen molar-refractivity contribution in [3.63, 3.8) is 0 Å². The molecule has 0 bridgehead atoms. The van der Waals surface area contributed by atoms with Crippen molar-refractivity contribution in [2.24, 2.45) is 5.92 Å². The van der Waals surface area contributed by atoms with Crippen molar-refractivity contribution >= 4 is 18.7 Å². The highest BCUT2D eigenvalue weighted by molar-refractivity contribution is 7.80. The van der Waals surface area contributed by atoms with Crippen LogP contribution in [0.2, 0.25) is 0 Å². The molecule has 0 aromatic rings. The standard InChI is InChI=1S/C10H20N2OS/c1-8(2)6-9-7-12(4-5-14)10(13)11(9)3/h8-9,14H,4-7H2,1-3H3. The van der Waals surface area contributed by atoms with Gasteiger partial charge in [0.25, 0.3) is 0 Å². The molecule has 1 rings (SSSR count). The molecule has 0 radical (unpaired) electrons. The number of urea groups is 1. The average molecular weight is 216 g/mol. The van der Waals surface area contributed by atoms with E-state index in [1.165, 1.54) is 0 Å². The Morgan fingerprint density at radius 2 is 2.21 bits per heavy atom. The number of carbonyl (C=O) groups is 1. The van der Waals surface area contributed by atoms with E-state index in [1.54, 1.807) is 0 Å². The summed E-state index contributed by atoms with van der Waals surface area (Å²) in [4.78, 5) is 15.5. The second-order valence-corrected chi connectivity index (χ2v) is 4.79. The first kappa shape index (κ1) is 11.7. The Bertz CT molecular complexity index is 208. The molecule has 1 heterocycles. The Morgan fingerprint density at radius 3 is 2.71 bits per heavy atom. The molecule has 1 atom stereocenters. The molecule has 82 valence electrons. The average Bonchev–Trinajstić information content (AvgIpc) is 2.34. The minimum atomic E-state index is 0.157. The molecular weight excluding hydrogens is 196 g/mol. The Morgan fingerprint density at radius 1 is 1.57 bits per heavy atom. The van der Waals surface area contributed by atoms with E-state index in [0.717, 1.165) is 25.3 Å². The van der Waals surface area contributed by atoms with Crippen LogP contribution in [0.25, 0.3) is 0 Å². The van der Waals surface area contributed by atoms with Gasteiger partial charge in [-0.25, -0.2) is 4.79 Å². The molecule has 1 aliphatic heterocycles. The van der Waals surface area contributed by atoms with Gasteiger partial charge in [0.1, 0.15) is 0 Å². The van der Waals surface area contributed by atoms with Crippen LogP contribution in [0.4, 0.5) is 4.79 Å². The van der Waals surface area contributed by atoms with Crippen LogP contribution in [-0.4, -0.2) is 47.8 Å². The van der Waals surface area contributed by atoms with Gasteiger partial charge in [0.2, 0.25) is 0 Å². The number of amides is 2. The highest BCUT2D eigenvalue weighted by atomic mass is 32.1. The fourth-order valence-electron chi connectivity index (χ4n) is 1.92. The maximum absolute atomic E-state index is 11.7. The lowest BCUT2D eigenvalue weighted by Gasteiger charge is -2.19. The topological polar surface area (TPSA) is 23.6 Å². The van der Waals surface area contributed by atoms with Crippen LogP contribution in [0, 0.1) is 5.92 Å². The summed E-state index contributed by atoms with van der Waals surface area (Å²) < 4.78 is 0. The highest BCUT2D eigenvalue weighted by Gasteiger charge is 2.33. The van der Waals surface area contributed by atoms with Crippen molar-refractivity contribution in [1.29, 1.82) is 0 Å². The molecule has 1 aliphatic rings. The molecule has 0 saturated carbocycles. The van der Waals surface area contributed by atoms with E-state index in [0.29, 0.717) is 12.0 Å². The van der Waals surface area contributed by atoms with Gasteiger partial charge in [0, 0.05) is 25.9 Å². The zero-order valence-corrected chi connectivity index (χ0v) is 10.1. The van der Waals surface area contributed by atoms with Crippen molar-refractivity contribution in [3.05, 3.63) is 0 Å². The monoisotopic (exact) mass is 216 g/mol. The summed E-state index contributed by atoms with van der Waals surface area (Å²) in [6.07, 6.45) is 1.09. The molecule has 2 amide bonds. The molecule has 1 unspecified atom stereocenters. The lowest BCUT2D eigenvalue weighted by atomic mass is 10.0. The van der Waals surface area contributed by atoms with Crippen molar-refractivity contribution in [1.82, 2.24) is 9.80 Å². The summed E-state index contributed by atoms with van der Waals surface area (Å²) in [6.45, 7) is 6.02. The number of rotatable bonds is 4. The SMILES string of the molecule is CC(C)CC1CN(CCS)C(=O)N1C. The summed E-state index contributed by atoms with van der Waals surface area (Å²) in [5.41, 5.74) is 0. The first-order chi connectivity index (χ1) is 6.56. The molecule has 14 heavy (non-hydrogen) atoms. The quantitative estimate of drug-likeness (QED) is 0.710. The van der Waals surface area contributed by atoms with E-state index in [9.17, 15) is 4.79 Å². The van der Waals surface area contributed by atoms with Gasteiger partial charge >= 0.3 is 6.03 Å². The summed E-state index contributed by atoms with van der Waals surface area (Å²) in [6, 6.07) is 0.548. The Balaban J connectivity index is 2.53. The predicted octanol–water partition coefficient (Wildman–Crippen LogP) is 1.70. The first-order valence-electron chi connectivity index (χ1n) is 5.18. The normalized spacial score (nSPS) is 22.6. The largest absolute Gasteiger partial charge is 0.323 e. The number of thiol groups is 1. The number of hydrogen-bond donors (Lipinski definition) is 1. The van der Waals surface area contributed by atoms with E-state index < -0.39 is 0 Å². The third-order valence-electron chi connectivity index (χ3n) is 2.66. The van der Waals surface area contributed by atoms with Gasteiger partial charge in [-0.3, -0.25) is 0 Å². The second kappa shape index (κ2) is 4.91. The number of carbonyl (C=O) groups excluding carboxylic acids is 1. The molecule has 4 heteroatoms.